The highest BCUT2D eigenvalue weighted by atomic mass is 35.5. The second-order valence-corrected chi connectivity index (χ2v) is 4.58. The molecular weight excluding hydrogens is 292 g/mol. The van der Waals surface area contributed by atoms with Crippen LogP contribution in [0.4, 0.5) is 0 Å². The van der Waals surface area contributed by atoms with Gasteiger partial charge < -0.3 is 4.74 Å². The molecule has 108 valence electrons. The predicted molar refractivity (Wildman–Crippen MR) is 79.4 cm³/mol. The third-order valence-electron chi connectivity index (χ3n) is 2.73. The van der Waals surface area contributed by atoms with E-state index in [4.69, 9.17) is 16.3 Å². The minimum Gasteiger partial charge on any atom is -0.497 e. The quantitative estimate of drug-likeness (QED) is 0.856. The topological polar surface area (TPSA) is 67.4 Å². The van der Waals surface area contributed by atoms with Gasteiger partial charge in [0.1, 0.15) is 5.75 Å². The molecule has 0 aromatic heterocycles. The van der Waals surface area contributed by atoms with Crippen LogP contribution in [0.3, 0.4) is 0 Å². The number of hydrazine groups is 1. The summed E-state index contributed by atoms with van der Waals surface area (Å²) in [5, 5.41) is 0.534. The van der Waals surface area contributed by atoms with Gasteiger partial charge in [0.2, 0.25) is 0 Å². The standard InChI is InChI=1S/C15H13ClN2O3/c1-21-13-4-2-3-11(9-13)15(20)18-17-14(19)10-5-7-12(16)8-6-10/h2-9H,1H3,(H,17,19)(H,18,20). The van der Waals surface area contributed by atoms with Gasteiger partial charge in [-0.3, -0.25) is 20.4 Å². The van der Waals surface area contributed by atoms with Gasteiger partial charge in [0.25, 0.3) is 11.8 Å². The van der Waals surface area contributed by atoms with Crippen LogP contribution in [0.25, 0.3) is 0 Å². The molecule has 0 heterocycles. The van der Waals surface area contributed by atoms with Gasteiger partial charge in [-0.25, -0.2) is 0 Å². The molecule has 0 radical (unpaired) electrons. The van der Waals surface area contributed by atoms with Crippen LogP contribution in [0.1, 0.15) is 20.7 Å². The summed E-state index contributed by atoms with van der Waals surface area (Å²) in [4.78, 5) is 23.7. The predicted octanol–water partition coefficient (Wildman–Crippen LogP) is 2.42. The number of benzene rings is 2. The molecule has 0 fully saturated rings. The highest BCUT2D eigenvalue weighted by Crippen LogP contribution is 2.12. The van der Waals surface area contributed by atoms with Gasteiger partial charge in [0.05, 0.1) is 7.11 Å². The number of hydrogen-bond donors (Lipinski definition) is 2. The molecule has 0 aliphatic rings. The Balaban J connectivity index is 1.97. The molecule has 0 bridgehead atoms. The fraction of sp³-hybridized carbons (Fsp3) is 0.0667. The van der Waals surface area contributed by atoms with Gasteiger partial charge in [-0.15, -0.1) is 0 Å². The summed E-state index contributed by atoms with van der Waals surface area (Å²) in [6.07, 6.45) is 0. The average Bonchev–Trinajstić information content (AvgIpc) is 2.53. The molecule has 0 saturated carbocycles. The average molecular weight is 305 g/mol. The third kappa shape index (κ3) is 3.97. The van der Waals surface area contributed by atoms with E-state index in [-0.39, 0.29) is 0 Å². The minimum absolute atomic E-state index is 0.380. The van der Waals surface area contributed by atoms with Gasteiger partial charge in [0.15, 0.2) is 0 Å². The Hall–Kier alpha value is -2.53. The Morgan fingerprint density at radius 3 is 2.19 bits per heavy atom. The van der Waals surface area contributed by atoms with E-state index in [1.807, 2.05) is 0 Å². The molecule has 2 amide bonds. The number of hydrogen-bond acceptors (Lipinski definition) is 3. The number of methoxy groups -OCH3 is 1. The highest BCUT2D eigenvalue weighted by molar-refractivity contribution is 6.30. The van der Waals surface area contributed by atoms with Crippen LogP contribution in [0.5, 0.6) is 5.75 Å². The van der Waals surface area contributed by atoms with Crippen molar-refractivity contribution in [2.24, 2.45) is 0 Å². The number of halogens is 1. The number of ether oxygens (including phenoxy) is 1. The van der Waals surface area contributed by atoms with Crippen molar-refractivity contribution in [2.45, 2.75) is 0 Å². The summed E-state index contributed by atoms with van der Waals surface area (Å²) in [7, 11) is 1.51. The Morgan fingerprint density at radius 2 is 1.57 bits per heavy atom. The van der Waals surface area contributed by atoms with Crippen LogP contribution in [0.15, 0.2) is 48.5 Å². The Morgan fingerprint density at radius 1 is 0.952 bits per heavy atom. The van der Waals surface area contributed by atoms with E-state index in [2.05, 4.69) is 10.9 Å². The van der Waals surface area contributed by atoms with E-state index >= 15 is 0 Å². The van der Waals surface area contributed by atoms with E-state index in [1.54, 1.807) is 48.5 Å². The lowest BCUT2D eigenvalue weighted by Crippen LogP contribution is -2.41. The van der Waals surface area contributed by atoms with Gasteiger partial charge in [0, 0.05) is 16.1 Å². The smallest absolute Gasteiger partial charge is 0.269 e. The molecule has 21 heavy (non-hydrogen) atoms. The molecule has 6 heteroatoms. The molecule has 2 N–H and O–H groups in total. The maximum absolute atomic E-state index is 11.9. The van der Waals surface area contributed by atoms with Gasteiger partial charge in [-0.05, 0) is 42.5 Å². The van der Waals surface area contributed by atoms with E-state index < -0.39 is 11.8 Å². The second-order valence-electron chi connectivity index (χ2n) is 4.15. The normalized spacial score (nSPS) is 9.81. The summed E-state index contributed by atoms with van der Waals surface area (Å²) >= 11 is 5.74. The molecule has 0 spiro atoms. The largest absolute Gasteiger partial charge is 0.497 e. The van der Waals surface area contributed by atoms with Gasteiger partial charge in [-0.1, -0.05) is 17.7 Å². The summed E-state index contributed by atoms with van der Waals surface area (Å²) in [5.41, 5.74) is 5.44. The molecule has 2 rings (SSSR count). The Bertz CT molecular complexity index is 656. The molecular formula is C15H13ClN2O3. The summed E-state index contributed by atoms with van der Waals surface area (Å²) in [5.74, 6) is -0.300. The number of carbonyl (C=O) groups is 2. The molecule has 0 atom stereocenters. The zero-order chi connectivity index (χ0) is 15.2. The third-order valence-corrected chi connectivity index (χ3v) is 2.98. The van der Waals surface area contributed by atoms with Crippen LogP contribution < -0.4 is 15.6 Å². The first-order chi connectivity index (χ1) is 10.1. The SMILES string of the molecule is COc1cccc(C(=O)NNC(=O)c2ccc(Cl)cc2)c1. The van der Waals surface area contributed by atoms with Crippen molar-refractivity contribution in [3.8, 4) is 5.75 Å². The fourth-order valence-electron chi connectivity index (χ4n) is 1.62. The summed E-state index contributed by atoms with van der Waals surface area (Å²) in [6, 6.07) is 12.9. The minimum atomic E-state index is -0.434. The molecule has 0 unspecified atom stereocenters. The zero-order valence-corrected chi connectivity index (χ0v) is 12.0. The molecule has 2 aromatic rings. The number of nitrogens with one attached hydrogen (secondary N) is 2. The summed E-state index contributed by atoms with van der Waals surface area (Å²) in [6.45, 7) is 0. The fourth-order valence-corrected chi connectivity index (χ4v) is 1.75. The van der Waals surface area contributed by atoms with Crippen LogP contribution in [-0.4, -0.2) is 18.9 Å². The maximum atomic E-state index is 11.9. The molecule has 0 aliphatic heterocycles. The Labute approximate surface area is 126 Å². The number of amides is 2. The number of carbonyl (C=O) groups excluding carboxylic acids is 2. The van der Waals surface area contributed by atoms with Crippen molar-refractivity contribution in [3.05, 3.63) is 64.7 Å². The molecule has 0 aliphatic carbocycles. The van der Waals surface area contributed by atoms with E-state index in [0.717, 1.165) is 0 Å². The van der Waals surface area contributed by atoms with Crippen molar-refractivity contribution in [1.29, 1.82) is 0 Å². The first-order valence-corrected chi connectivity index (χ1v) is 6.48. The highest BCUT2D eigenvalue weighted by Gasteiger charge is 2.09. The number of rotatable bonds is 3. The van der Waals surface area contributed by atoms with Crippen LogP contribution in [0.2, 0.25) is 5.02 Å². The van der Waals surface area contributed by atoms with Crippen LogP contribution in [-0.2, 0) is 0 Å². The monoisotopic (exact) mass is 304 g/mol. The zero-order valence-electron chi connectivity index (χ0n) is 11.2. The molecule has 5 nitrogen and oxygen atoms in total. The van der Waals surface area contributed by atoms with Crippen molar-refractivity contribution in [2.75, 3.05) is 7.11 Å². The second kappa shape index (κ2) is 6.76. The van der Waals surface area contributed by atoms with Crippen molar-refractivity contribution >= 4 is 23.4 Å². The van der Waals surface area contributed by atoms with Gasteiger partial charge in [-0.2, -0.15) is 0 Å². The lowest BCUT2D eigenvalue weighted by Gasteiger charge is -2.08. The van der Waals surface area contributed by atoms with Crippen LogP contribution in [0, 0.1) is 0 Å². The van der Waals surface area contributed by atoms with E-state index in [1.165, 1.54) is 7.11 Å². The van der Waals surface area contributed by atoms with Crippen molar-refractivity contribution < 1.29 is 14.3 Å². The van der Waals surface area contributed by atoms with Gasteiger partial charge >= 0.3 is 0 Å². The lowest BCUT2D eigenvalue weighted by molar-refractivity contribution is 0.0846. The first-order valence-electron chi connectivity index (χ1n) is 6.10. The maximum Gasteiger partial charge on any atom is 0.269 e. The van der Waals surface area contributed by atoms with E-state index in [0.29, 0.717) is 21.9 Å². The van der Waals surface area contributed by atoms with Crippen LogP contribution >= 0.6 is 11.6 Å². The van der Waals surface area contributed by atoms with Crippen molar-refractivity contribution in [3.63, 3.8) is 0 Å². The first kappa shape index (κ1) is 14.9. The summed E-state index contributed by atoms with van der Waals surface area (Å²) < 4.78 is 5.03. The Kier molecular flexibility index (Phi) is 4.79. The van der Waals surface area contributed by atoms with E-state index in [9.17, 15) is 9.59 Å². The molecule has 0 saturated heterocycles. The van der Waals surface area contributed by atoms with Crippen molar-refractivity contribution in [1.82, 2.24) is 10.9 Å². The molecule has 2 aromatic carbocycles. The lowest BCUT2D eigenvalue weighted by atomic mass is 10.2.